The first-order valence-corrected chi connectivity index (χ1v) is 6.84. The number of hydrogen-bond acceptors (Lipinski definition) is 2. The summed E-state index contributed by atoms with van der Waals surface area (Å²) in [4.78, 5) is 0. The Bertz CT molecular complexity index is 556. The maximum absolute atomic E-state index is 13.7. The molecule has 0 aliphatic heterocycles. The van der Waals surface area contributed by atoms with E-state index in [-0.39, 0.29) is 11.7 Å². The molecule has 0 saturated heterocycles. The Morgan fingerprint density at radius 1 is 1.15 bits per heavy atom. The predicted octanol–water partition coefficient (Wildman–Crippen LogP) is 3.65. The number of hydrogen-bond donors (Lipinski definition) is 1. The molecule has 2 N–H and O–H groups in total. The third kappa shape index (κ3) is 3.81. The number of rotatable bonds is 6. The SMILES string of the molecule is Cc1cccc(OCCC(CN)c2ccccc2F)c1. The van der Waals surface area contributed by atoms with E-state index >= 15 is 0 Å². The summed E-state index contributed by atoms with van der Waals surface area (Å²) in [6.07, 6.45) is 0.700. The summed E-state index contributed by atoms with van der Waals surface area (Å²) in [6.45, 7) is 2.96. The van der Waals surface area contributed by atoms with Gasteiger partial charge in [0, 0.05) is 5.92 Å². The summed E-state index contributed by atoms with van der Waals surface area (Å²) in [6, 6.07) is 14.7. The Morgan fingerprint density at radius 3 is 2.65 bits per heavy atom. The molecule has 0 bridgehead atoms. The Hall–Kier alpha value is -1.87. The van der Waals surface area contributed by atoms with E-state index in [4.69, 9.17) is 10.5 Å². The zero-order chi connectivity index (χ0) is 14.4. The first kappa shape index (κ1) is 14.5. The van der Waals surface area contributed by atoms with Gasteiger partial charge < -0.3 is 10.5 Å². The van der Waals surface area contributed by atoms with Gasteiger partial charge in [-0.05, 0) is 49.2 Å². The molecule has 1 unspecified atom stereocenters. The van der Waals surface area contributed by atoms with Gasteiger partial charge in [0.15, 0.2) is 0 Å². The van der Waals surface area contributed by atoms with Gasteiger partial charge in [0.2, 0.25) is 0 Å². The summed E-state index contributed by atoms with van der Waals surface area (Å²) < 4.78 is 19.4. The van der Waals surface area contributed by atoms with E-state index < -0.39 is 0 Å². The Balaban J connectivity index is 1.93. The third-order valence-electron chi connectivity index (χ3n) is 3.35. The van der Waals surface area contributed by atoms with E-state index in [1.807, 2.05) is 37.3 Å². The van der Waals surface area contributed by atoms with Gasteiger partial charge in [0.05, 0.1) is 6.61 Å². The van der Waals surface area contributed by atoms with Crippen LogP contribution in [0.5, 0.6) is 5.75 Å². The van der Waals surface area contributed by atoms with Gasteiger partial charge in [0.1, 0.15) is 11.6 Å². The summed E-state index contributed by atoms with van der Waals surface area (Å²) in [5.74, 6) is 0.633. The molecule has 1 atom stereocenters. The quantitative estimate of drug-likeness (QED) is 0.872. The minimum atomic E-state index is -0.196. The van der Waals surface area contributed by atoms with Gasteiger partial charge in [-0.3, -0.25) is 0 Å². The van der Waals surface area contributed by atoms with Crippen molar-refractivity contribution in [1.82, 2.24) is 0 Å². The molecule has 0 radical (unpaired) electrons. The van der Waals surface area contributed by atoms with Crippen molar-refractivity contribution in [2.75, 3.05) is 13.2 Å². The molecule has 3 heteroatoms. The molecule has 2 aromatic carbocycles. The Morgan fingerprint density at radius 2 is 1.95 bits per heavy atom. The number of ether oxygens (including phenoxy) is 1. The molecule has 2 rings (SSSR count). The van der Waals surface area contributed by atoms with E-state index in [9.17, 15) is 4.39 Å². The smallest absolute Gasteiger partial charge is 0.126 e. The van der Waals surface area contributed by atoms with Crippen molar-refractivity contribution < 1.29 is 9.13 Å². The average Bonchev–Trinajstić information content (AvgIpc) is 2.45. The molecule has 2 nitrogen and oxygen atoms in total. The normalized spacial score (nSPS) is 12.2. The minimum absolute atomic E-state index is 0.0130. The molecule has 106 valence electrons. The summed E-state index contributed by atoms with van der Waals surface area (Å²) >= 11 is 0. The lowest BCUT2D eigenvalue weighted by molar-refractivity contribution is 0.297. The van der Waals surface area contributed by atoms with Gasteiger partial charge in [-0.2, -0.15) is 0 Å². The number of aryl methyl sites for hydroxylation is 1. The van der Waals surface area contributed by atoms with Crippen LogP contribution in [0.3, 0.4) is 0 Å². The van der Waals surface area contributed by atoms with E-state index in [0.717, 1.165) is 11.3 Å². The van der Waals surface area contributed by atoms with Crippen molar-refractivity contribution in [3.8, 4) is 5.75 Å². The van der Waals surface area contributed by atoms with Crippen LogP contribution in [0.25, 0.3) is 0 Å². The predicted molar refractivity (Wildman–Crippen MR) is 79.5 cm³/mol. The maximum Gasteiger partial charge on any atom is 0.126 e. The van der Waals surface area contributed by atoms with Crippen molar-refractivity contribution in [1.29, 1.82) is 0 Å². The van der Waals surface area contributed by atoms with Crippen LogP contribution >= 0.6 is 0 Å². The maximum atomic E-state index is 13.7. The fourth-order valence-corrected chi connectivity index (χ4v) is 2.23. The fourth-order valence-electron chi connectivity index (χ4n) is 2.23. The monoisotopic (exact) mass is 273 g/mol. The molecule has 0 amide bonds. The van der Waals surface area contributed by atoms with E-state index in [1.165, 1.54) is 6.07 Å². The largest absolute Gasteiger partial charge is 0.494 e. The molecule has 20 heavy (non-hydrogen) atoms. The molecule has 0 spiro atoms. The van der Waals surface area contributed by atoms with Crippen LogP contribution in [-0.4, -0.2) is 13.2 Å². The average molecular weight is 273 g/mol. The number of halogens is 1. The van der Waals surface area contributed by atoms with Crippen molar-refractivity contribution >= 4 is 0 Å². The third-order valence-corrected chi connectivity index (χ3v) is 3.35. The highest BCUT2D eigenvalue weighted by Crippen LogP contribution is 2.22. The first-order chi connectivity index (χ1) is 9.70. The molecular weight excluding hydrogens is 253 g/mol. The van der Waals surface area contributed by atoms with Crippen molar-refractivity contribution in [3.05, 3.63) is 65.5 Å². The van der Waals surface area contributed by atoms with E-state index in [1.54, 1.807) is 12.1 Å². The van der Waals surface area contributed by atoms with Crippen LogP contribution < -0.4 is 10.5 Å². The van der Waals surface area contributed by atoms with Gasteiger partial charge in [-0.25, -0.2) is 4.39 Å². The van der Waals surface area contributed by atoms with Crippen LogP contribution in [0.1, 0.15) is 23.5 Å². The lowest BCUT2D eigenvalue weighted by atomic mass is 9.96. The number of nitrogens with two attached hydrogens (primary N) is 1. The molecular formula is C17H20FNO. The second-order valence-corrected chi connectivity index (χ2v) is 4.91. The topological polar surface area (TPSA) is 35.2 Å². The standard InChI is InChI=1S/C17H20FNO/c1-13-5-4-6-15(11-13)20-10-9-14(12-19)16-7-2-3-8-17(16)18/h2-8,11,14H,9-10,12,19H2,1H3. The van der Waals surface area contributed by atoms with Crippen molar-refractivity contribution in [2.24, 2.45) is 5.73 Å². The highest BCUT2D eigenvalue weighted by molar-refractivity contribution is 5.27. The molecule has 0 heterocycles. The second kappa shape index (κ2) is 7.06. The Labute approximate surface area is 119 Å². The van der Waals surface area contributed by atoms with Crippen LogP contribution in [0.15, 0.2) is 48.5 Å². The van der Waals surface area contributed by atoms with Crippen LogP contribution in [0, 0.1) is 12.7 Å². The highest BCUT2D eigenvalue weighted by atomic mass is 19.1. The van der Waals surface area contributed by atoms with E-state index in [0.29, 0.717) is 25.1 Å². The van der Waals surface area contributed by atoms with Crippen LogP contribution in [0.2, 0.25) is 0 Å². The van der Waals surface area contributed by atoms with Crippen LogP contribution in [-0.2, 0) is 0 Å². The zero-order valence-electron chi connectivity index (χ0n) is 11.7. The van der Waals surface area contributed by atoms with Gasteiger partial charge >= 0.3 is 0 Å². The van der Waals surface area contributed by atoms with Gasteiger partial charge in [0.25, 0.3) is 0 Å². The molecule has 2 aromatic rings. The lowest BCUT2D eigenvalue weighted by Crippen LogP contribution is -2.16. The fraction of sp³-hybridized carbons (Fsp3) is 0.294. The lowest BCUT2D eigenvalue weighted by Gasteiger charge is -2.16. The van der Waals surface area contributed by atoms with Gasteiger partial charge in [-0.15, -0.1) is 0 Å². The Kier molecular flexibility index (Phi) is 5.13. The molecule has 0 aliphatic carbocycles. The molecule has 0 aliphatic rings. The highest BCUT2D eigenvalue weighted by Gasteiger charge is 2.13. The van der Waals surface area contributed by atoms with Gasteiger partial charge in [-0.1, -0.05) is 30.3 Å². The minimum Gasteiger partial charge on any atom is -0.494 e. The zero-order valence-corrected chi connectivity index (χ0v) is 11.7. The summed E-state index contributed by atoms with van der Waals surface area (Å²) in [5.41, 5.74) is 7.58. The van der Waals surface area contributed by atoms with Crippen molar-refractivity contribution in [2.45, 2.75) is 19.3 Å². The summed E-state index contributed by atoms with van der Waals surface area (Å²) in [7, 11) is 0. The molecule has 0 fully saturated rings. The second-order valence-electron chi connectivity index (χ2n) is 4.91. The number of benzene rings is 2. The van der Waals surface area contributed by atoms with E-state index in [2.05, 4.69) is 0 Å². The first-order valence-electron chi connectivity index (χ1n) is 6.84. The molecule has 0 saturated carbocycles. The van der Waals surface area contributed by atoms with Crippen molar-refractivity contribution in [3.63, 3.8) is 0 Å². The summed E-state index contributed by atoms with van der Waals surface area (Å²) in [5, 5.41) is 0. The van der Waals surface area contributed by atoms with Crippen LogP contribution in [0.4, 0.5) is 4.39 Å². The molecule has 0 aromatic heterocycles.